The molecule has 6 nitrogen and oxygen atoms in total. The van der Waals surface area contributed by atoms with Gasteiger partial charge >= 0.3 is 0 Å². The van der Waals surface area contributed by atoms with Crippen molar-refractivity contribution in [2.75, 3.05) is 10.6 Å². The molecule has 2 N–H and O–H groups in total. The fourth-order valence-electron chi connectivity index (χ4n) is 1.93. The number of aromatic nitrogens is 1. The van der Waals surface area contributed by atoms with Gasteiger partial charge in [0.25, 0.3) is 11.5 Å². The van der Waals surface area contributed by atoms with Crippen LogP contribution < -0.4 is 16.2 Å². The average molecular weight is 313 g/mol. The topological polar surface area (TPSA) is 80.2 Å². The van der Waals surface area contributed by atoms with Crippen molar-refractivity contribution >= 4 is 23.2 Å². The van der Waals surface area contributed by atoms with E-state index in [9.17, 15) is 14.4 Å². The first kappa shape index (κ1) is 16.5. The summed E-state index contributed by atoms with van der Waals surface area (Å²) in [5.74, 6) is -0.732. The van der Waals surface area contributed by atoms with Crippen LogP contribution in [0.5, 0.6) is 0 Å². The van der Waals surface area contributed by atoms with E-state index in [0.717, 1.165) is 0 Å². The minimum Gasteiger partial charge on any atom is -0.326 e. The monoisotopic (exact) mass is 313 g/mol. The fourth-order valence-corrected chi connectivity index (χ4v) is 1.93. The number of rotatable bonds is 4. The van der Waals surface area contributed by atoms with Gasteiger partial charge in [-0.2, -0.15) is 0 Å². The van der Waals surface area contributed by atoms with Crippen LogP contribution in [0.15, 0.2) is 47.4 Å². The number of nitrogens with one attached hydrogen (secondary N) is 2. The molecule has 1 aromatic carbocycles. The van der Waals surface area contributed by atoms with Crippen molar-refractivity contribution in [3.05, 3.63) is 58.5 Å². The highest BCUT2D eigenvalue weighted by Crippen LogP contribution is 2.16. The van der Waals surface area contributed by atoms with Crippen molar-refractivity contribution < 1.29 is 9.59 Å². The van der Waals surface area contributed by atoms with E-state index in [1.54, 1.807) is 57.4 Å². The first-order valence-electron chi connectivity index (χ1n) is 7.26. The summed E-state index contributed by atoms with van der Waals surface area (Å²) in [5.41, 5.74) is 0.783. The predicted molar refractivity (Wildman–Crippen MR) is 89.5 cm³/mol. The number of anilines is 2. The Morgan fingerprint density at radius 3 is 2.35 bits per heavy atom. The van der Waals surface area contributed by atoms with Crippen LogP contribution >= 0.6 is 0 Å². The summed E-state index contributed by atoms with van der Waals surface area (Å²) in [5, 5.41) is 5.42. The van der Waals surface area contributed by atoms with E-state index in [-0.39, 0.29) is 22.9 Å². The van der Waals surface area contributed by atoms with Crippen LogP contribution in [0.25, 0.3) is 0 Å². The lowest BCUT2D eigenvalue weighted by Gasteiger charge is -2.10. The Morgan fingerprint density at radius 2 is 1.70 bits per heavy atom. The number of amides is 2. The largest absolute Gasteiger partial charge is 0.326 e. The van der Waals surface area contributed by atoms with Gasteiger partial charge in [-0.05, 0) is 30.3 Å². The molecule has 2 aromatic rings. The van der Waals surface area contributed by atoms with Crippen molar-refractivity contribution in [3.63, 3.8) is 0 Å². The standard InChI is InChI=1S/C17H19N3O3/c1-11(2)15(21)18-12-6-4-7-13(10-12)19-16(22)14-8-5-9-20(3)17(14)23/h4-11H,1-3H3,(H,18,21)(H,19,22). The van der Waals surface area contributed by atoms with Gasteiger partial charge in [-0.25, -0.2) is 0 Å². The van der Waals surface area contributed by atoms with Gasteiger partial charge in [0.05, 0.1) is 0 Å². The summed E-state index contributed by atoms with van der Waals surface area (Å²) in [6.45, 7) is 3.60. The average Bonchev–Trinajstić information content (AvgIpc) is 2.50. The molecule has 1 heterocycles. The summed E-state index contributed by atoms with van der Waals surface area (Å²) in [7, 11) is 1.58. The van der Waals surface area contributed by atoms with Crippen LogP contribution in [0.1, 0.15) is 24.2 Å². The van der Waals surface area contributed by atoms with E-state index < -0.39 is 5.91 Å². The van der Waals surface area contributed by atoms with Gasteiger partial charge in [-0.15, -0.1) is 0 Å². The molecule has 2 amide bonds. The SMILES string of the molecule is CC(C)C(=O)Nc1cccc(NC(=O)c2cccn(C)c2=O)c1. The van der Waals surface area contributed by atoms with Crippen LogP contribution in [0.4, 0.5) is 11.4 Å². The normalized spacial score (nSPS) is 10.4. The van der Waals surface area contributed by atoms with Gasteiger partial charge in [0.2, 0.25) is 5.91 Å². The molecular formula is C17H19N3O3. The smallest absolute Gasteiger partial charge is 0.263 e. The molecule has 23 heavy (non-hydrogen) atoms. The number of carbonyl (C=O) groups is 2. The summed E-state index contributed by atoms with van der Waals surface area (Å²) < 4.78 is 1.34. The molecule has 0 saturated heterocycles. The van der Waals surface area contributed by atoms with Crippen LogP contribution in [0.2, 0.25) is 0 Å². The Bertz CT molecular complexity index is 794. The molecule has 0 saturated carbocycles. The number of hydrogen-bond donors (Lipinski definition) is 2. The van der Waals surface area contributed by atoms with E-state index in [4.69, 9.17) is 0 Å². The molecule has 2 rings (SSSR count). The minimum absolute atomic E-state index is 0.0617. The van der Waals surface area contributed by atoms with Gasteiger partial charge in [0, 0.05) is 30.5 Å². The van der Waals surface area contributed by atoms with E-state index in [0.29, 0.717) is 11.4 Å². The van der Waals surface area contributed by atoms with Gasteiger partial charge in [-0.3, -0.25) is 14.4 Å². The second-order valence-corrected chi connectivity index (χ2v) is 5.52. The number of benzene rings is 1. The molecule has 0 aliphatic rings. The Kier molecular flexibility index (Phi) is 4.95. The van der Waals surface area contributed by atoms with Crippen molar-refractivity contribution in [1.29, 1.82) is 0 Å². The minimum atomic E-state index is -0.487. The highest BCUT2D eigenvalue weighted by molar-refractivity contribution is 6.04. The van der Waals surface area contributed by atoms with Gasteiger partial charge < -0.3 is 15.2 Å². The second kappa shape index (κ2) is 6.91. The molecule has 0 bridgehead atoms. The predicted octanol–water partition coefficient (Wildman–Crippen LogP) is 2.23. The molecular weight excluding hydrogens is 294 g/mol. The van der Waals surface area contributed by atoms with Crippen LogP contribution in [-0.2, 0) is 11.8 Å². The molecule has 6 heteroatoms. The third kappa shape index (κ3) is 4.06. The van der Waals surface area contributed by atoms with E-state index in [1.165, 1.54) is 10.6 Å². The van der Waals surface area contributed by atoms with Crippen LogP contribution in [0.3, 0.4) is 0 Å². The first-order valence-corrected chi connectivity index (χ1v) is 7.26. The zero-order chi connectivity index (χ0) is 17.0. The fraction of sp³-hybridized carbons (Fsp3) is 0.235. The maximum absolute atomic E-state index is 12.2. The van der Waals surface area contributed by atoms with Crippen molar-refractivity contribution in [2.45, 2.75) is 13.8 Å². The van der Waals surface area contributed by atoms with Gasteiger partial charge in [0.15, 0.2) is 0 Å². The van der Waals surface area contributed by atoms with Crippen molar-refractivity contribution in [2.24, 2.45) is 13.0 Å². The highest BCUT2D eigenvalue weighted by Gasteiger charge is 2.12. The quantitative estimate of drug-likeness (QED) is 0.908. The number of aryl methyl sites for hydroxylation is 1. The molecule has 0 spiro atoms. The lowest BCUT2D eigenvalue weighted by molar-refractivity contribution is -0.118. The number of pyridine rings is 1. The zero-order valence-corrected chi connectivity index (χ0v) is 13.3. The van der Waals surface area contributed by atoms with Crippen molar-refractivity contribution in [3.8, 4) is 0 Å². The number of carbonyl (C=O) groups excluding carboxylic acids is 2. The third-order valence-electron chi connectivity index (χ3n) is 3.28. The summed E-state index contributed by atoms with van der Waals surface area (Å²) in [4.78, 5) is 35.9. The zero-order valence-electron chi connectivity index (χ0n) is 13.3. The maximum Gasteiger partial charge on any atom is 0.263 e. The maximum atomic E-state index is 12.2. The summed E-state index contributed by atoms with van der Waals surface area (Å²) >= 11 is 0. The van der Waals surface area contributed by atoms with E-state index in [2.05, 4.69) is 10.6 Å². The first-order chi connectivity index (χ1) is 10.9. The Hall–Kier alpha value is -2.89. The number of nitrogens with zero attached hydrogens (tertiary/aromatic N) is 1. The highest BCUT2D eigenvalue weighted by atomic mass is 16.2. The molecule has 0 fully saturated rings. The number of hydrogen-bond acceptors (Lipinski definition) is 3. The molecule has 0 aliphatic carbocycles. The van der Waals surface area contributed by atoms with Gasteiger partial charge in [0.1, 0.15) is 5.56 Å². The Balaban J connectivity index is 2.17. The summed E-state index contributed by atoms with van der Waals surface area (Å²) in [6, 6.07) is 9.89. The van der Waals surface area contributed by atoms with E-state index in [1.807, 2.05) is 0 Å². The molecule has 0 radical (unpaired) electrons. The molecule has 0 atom stereocenters. The Morgan fingerprint density at radius 1 is 1.04 bits per heavy atom. The molecule has 120 valence electrons. The third-order valence-corrected chi connectivity index (χ3v) is 3.28. The van der Waals surface area contributed by atoms with Crippen LogP contribution in [-0.4, -0.2) is 16.4 Å². The van der Waals surface area contributed by atoms with Crippen LogP contribution in [0, 0.1) is 5.92 Å². The second-order valence-electron chi connectivity index (χ2n) is 5.52. The van der Waals surface area contributed by atoms with Crippen molar-refractivity contribution in [1.82, 2.24) is 4.57 Å². The Labute approximate surface area is 134 Å². The lowest BCUT2D eigenvalue weighted by atomic mass is 10.2. The molecule has 0 aliphatic heterocycles. The molecule has 0 unspecified atom stereocenters. The molecule has 1 aromatic heterocycles. The van der Waals surface area contributed by atoms with E-state index >= 15 is 0 Å². The lowest BCUT2D eigenvalue weighted by Crippen LogP contribution is -2.27. The van der Waals surface area contributed by atoms with Gasteiger partial charge in [-0.1, -0.05) is 19.9 Å². The summed E-state index contributed by atoms with van der Waals surface area (Å²) in [6.07, 6.45) is 1.58.